The van der Waals surface area contributed by atoms with E-state index in [0.717, 1.165) is 5.75 Å². The van der Waals surface area contributed by atoms with Crippen LogP contribution in [-0.2, 0) is 0 Å². The summed E-state index contributed by atoms with van der Waals surface area (Å²) in [6.45, 7) is 2.15. The first-order chi connectivity index (χ1) is 3.91. The minimum atomic E-state index is 1.16. The fourth-order valence-corrected chi connectivity index (χ4v) is 0.820. The van der Waals surface area contributed by atoms with Crippen LogP contribution < -0.4 is 0 Å². The minimum absolute atomic E-state index is 1.16. The van der Waals surface area contributed by atoms with E-state index in [-0.39, 0.29) is 0 Å². The van der Waals surface area contributed by atoms with Crippen LogP contribution in [0.1, 0.15) is 13.3 Å². The number of rotatable bonds is 3. The lowest BCUT2D eigenvalue weighted by Gasteiger charge is -1.83. The van der Waals surface area contributed by atoms with Gasteiger partial charge in [-0.25, -0.2) is 0 Å². The normalized spacial score (nSPS) is 9.50. The van der Waals surface area contributed by atoms with Crippen molar-refractivity contribution in [2.45, 2.75) is 13.3 Å². The molecule has 0 saturated heterocycles. The van der Waals surface area contributed by atoms with Crippen molar-refractivity contribution < 1.29 is 0 Å². The van der Waals surface area contributed by atoms with Gasteiger partial charge in [0, 0.05) is 0 Å². The van der Waals surface area contributed by atoms with Crippen molar-refractivity contribution in [2.75, 3.05) is 5.75 Å². The first-order valence-corrected chi connectivity index (χ1v) is 3.69. The van der Waals surface area contributed by atoms with Gasteiger partial charge >= 0.3 is 0 Å². The molecule has 0 heterocycles. The number of allylic oxidation sites excluding steroid dienone is 1. The van der Waals surface area contributed by atoms with E-state index in [1.807, 2.05) is 5.41 Å². The Morgan fingerprint density at radius 1 is 1.75 bits per heavy atom. The maximum atomic E-state index is 4.96. The van der Waals surface area contributed by atoms with Crippen molar-refractivity contribution in [3.05, 3.63) is 11.5 Å². The lowest BCUT2D eigenvalue weighted by atomic mass is 10.6. The highest BCUT2D eigenvalue weighted by Gasteiger charge is 1.73. The molecule has 0 radical (unpaired) electrons. The minimum Gasteiger partial charge on any atom is -0.133 e. The van der Waals surface area contributed by atoms with Crippen molar-refractivity contribution >= 4 is 11.8 Å². The highest BCUT2D eigenvalue weighted by Crippen LogP contribution is 2.01. The molecule has 0 rings (SSSR count). The van der Waals surface area contributed by atoms with Crippen molar-refractivity contribution in [1.29, 1.82) is 0 Å². The summed E-state index contributed by atoms with van der Waals surface area (Å²) in [6.07, 6.45) is 7.89. The number of terminal acetylenes is 1. The van der Waals surface area contributed by atoms with Crippen molar-refractivity contribution in [1.82, 2.24) is 0 Å². The molecule has 0 N–H and O–H groups in total. The van der Waals surface area contributed by atoms with Gasteiger partial charge in [-0.1, -0.05) is 12.8 Å². The number of hydrogen-bond acceptors (Lipinski definition) is 1. The Bertz CT molecular complexity index is 97.4. The highest BCUT2D eigenvalue weighted by molar-refractivity contribution is 8.02. The molecule has 0 bridgehead atoms. The molecule has 8 heavy (non-hydrogen) atoms. The Labute approximate surface area is 55.4 Å². The van der Waals surface area contributed by atoms with Gasteiger partial charge in [0.2, 0.25) is 0 Å². The van der Waals surface area contributed by atoms with E-state index in [1.165, 1.54) is 6.42 Å². The topological polar surface area (TPSA) is 0 Å². The quantitative estimate of drug-likeness (QED) is 0.413. The summed E-state index contributed by atoms with van der Waals surface area (Å²) in [7, 11) is 0. The second-order valence-electron chi connectivity index (χ2n) is 1.34. The zero-order chi connectivity index (χ0) is 6.24. The summed E-state index contributed by atoms with van der Waals surface area (Å²) < 4.78 is 0. The van der Waals surface area contributed by atoms with Gasteiger partial charge in [0.05, 0.1) is 0 Å². The molecule has 0 aliphatic carbocycles. The Balaban J connectivity index is 2.94. The SMILES string of the molecule is C#C/C=C\SCCC. The highest BCUT2D eigenvalue weighted by atomic mass is 32.2. The number of thioether (sulfide) groups is 1. The molecule has 44 valence electrons. The fraction of sp³-hybridized carbons (Fsp3) is 0.429. The third-order valence-corrected chi connectivity index (χ3v) is 1.55. The van der Waals surface area contributed by atoms with Gasteiger partial charge in [0.25, 0.3) is 0 Å². The Morgan fingerprint density at radius 3 is 3.00 bits per heavy atom. The summed E-state index contributed by atoms with van der Waals surface area (Å²) in [5, 5.41) is 1.95. The summed E-state index contributed by atoms with van der Waals surface area (Å²) in [5.41, 5.74) is 0. The molecular formula is C7H10S. The van der Waals surface area contributed by atoms with Gasteiger partial charge in [0.15, 0.2) is 0 Å². The molecule has 0 aromatic heterocycles. The van der Waals surface area contributed by atoms with Gasteiger partial charge in [0.1, 0.15) is 0 Å². The second kappa shape index (κ2) is 6.65. The molecule has 0 aliphatic rings. The van der Waals surface area contributed by atoms with Gasteiger partial charge in [-0.3, -0.25) is 0 Å². The molecule has 0 fully saturated rings. The summed E-state index contributed by atoms with van der Waals surface area (Å²) in [6, 6.07) is 0. The smallest absolute Gasteiger partial charge is 0.00284 e. The van der Waals surface area contributed by atoms with Crippen LogP contribution in [0.2, 0.25) is 0 Å². The molecule has 0 nitrogen and oxygen atoms in total. The van der Waals surface area contributed by atoms with Gasteiger partial charge < -0.3 is 0 Å². The van der Waals surface area contributed by atoms with E-state index in [2.05, 4.69) is 12.8 Å². The molecule has 1 heteroatoms. The largest absolute Gasteiger partial charge is 0.133 e. The third-order valence-electron chi connectivity index (χ3n) is 0.582. The molecule has 0 amide bonds. The van der Waals surface area contributed by atoms with Crippen molar-refractivity contribution in [3.63, 3.8) is 0 Å². The van der Waals surface area contributed by atoms with Crippen LogP contribution in [0.5, 0.6) is 0 Å². The second-order valence-corrected chi connectivity index (χ2v) is 2.35. The van der Waals surface area contributed by atoms with E-state index in [9.17, 15) is 0 Å². The van der Waals surface area contributed by atoms with E-state index in [4.69, 9.17) is 6.42 Å². The lowest BCUT2D eigenvalue weighted by Crippen LogP contribution is -1.65. The van der Waals surface area contributed by atoms with Crippen LogP contribution in [0, 0.1) is 12.3 Å². The average Bonchev–Trinajstić information content (AvgIpc) is 1.81. The van der Waals surface area contributed by atoms with E-state index in [0.29, 0.717) is 0 Å². The zero-order valence-electron chi connectivity index (χ0n) is 5.05. The first-order valence-electron chi connectivity index (χ1n) is 2.64. The molecule has 0 atom stereocenters. The Kier molecular flexibility index (Phi) is 6.36. The van der Waals surface area contributed by atoms with Crippen LogP contribution in [0.15, 0.2) is 11.5 Å². The van der Waals surface area contributed by atoms with Crippen molar-refractivity contribution in [3.8, 4) is 12.3 Å². The predicted molar refractivity (Wildman–Crippen MR) is 40.7 cm³/mol. The maximum absolute atomic E-state index is 4.96. The molecule has 0 aromatic carbocycles. The van der Waals surface area contributed by atoms with E-state index in [1.54, 1.807) is 17.8 Å². The first kappa shape index (κ1) is 7.65. The lowest BCUT2D eigenvalue weighted by molar-refractivity contribution is 1.11. The Morgan fingerprint density at radius 2 is 2.50 bits per heavy atom. The molecule has 0 saturated carbocycles. The molecule has 0 aliphatic heterocycles. The van der Waals surface area contributed by atoms with Gasteiger partial charge in [-0.2, -0.15) is 0 Å². The molecule has 0 unspecified atom stereocenters. The van der Waals surface area contributed by atoms with Crippen LogP contribution in [0.25, 0.3) is 0 Å². The van der Waals surface area contributed by atoms with Crippen molar-refractivity contribution in [2.24, 2.45) is 0 Å². The fourth-order valence-electron chi connectivity index (χ4n) is 0.273. The molecular weight excluding hydrogens is 116 g/mol. The number of hydrogen-bond donors (Lipinski definition) is 0. The van der Waals surface area contributed by atoms with Crippen LogP contribution in [0.4, 0.5) is 0 Å². The predicted octanol–water partition coefficient (Wildman–Crippen LogP) is 2.28. The summed E-state index contributed by atoms with van der Waals surface area (Å²) in [5.74, 6) is 3.59. The van der Waals surface area contributed by atoms with Gasteiger partial charge in [-0.15, -0.1) is 18.2 Å². The third kappa shape index (κ3) is 5.65. The Hall–Kier alpha value is -0.350. The van der Waals surface area contributed by atoms with E-state index < -0.39 is 0 Å². The van der Waals surface area contributed by atoms with Crippen LogP contribution in [0.3, 0.4) is 0 Å². The van der Waals surface area contributed by atoms with Crippen LogP contribution in [-0.4, -0.2) is 5.75 Å². The standard InChI is InChI=1S/C7H10S/c1-3-5-7-8-6-4-2/h1,5,7H,4,6H2,2H3/b7-5-. The monoisotopic (exact) mass is 126 g/mol. The van der Waals surface area contributed by atoms with Crippen LogP contribution >= 0.6 is 11.8 Å². The summed E-state index contributed by atoms with van der Waals surface area (Å²) in [4.78, 5) is 0. The zero-order valence-corrected chi connectivity index (χ0v) is 5.87. The average molecular weight is 126 g/mol. The van der Waals surface area contributed by atoms with Gasteiger partial charge in [-0.05, 0) is 23.7 Å². The summed E-state index contributed by atoms with van der Waals surface area (Å²) >= 11 is 1.75. The molecule has 0 spiro atoms. The molecule has 0 aromatic rings. The maximum Gasteiger partial charge on any atom is -0.00284 e. The van der Waals surface area contributed by atoms with E-state index >= 15 is 0 Å².